The van der Waals surface area contributed by atoms with Gasteiger partial charge in [-0.25, -0.2) is 13.4 Å². The highest BCUT2D eigenvalue weighted by Gasteiger charge is 2.26. The largest absolute Gasteiger partial charge is 0.459 e. The first-order valence-corrected chi connectivity index (χ1v) is 11.7. The van der Waals surface area contributed by atoms with Gasteiger partial charge in [-0.2, -0.15) is 0 Å². The Bertz CT molecular complexity index is 1420. The fraction of sp³-hybridized carbons (Fsp3) is 0.174. The van der Waals surface area contributed by atoms with Crippen molar-refractivity contribution in [3.05, 3.63) is 94.4 Å². The minimum absolute atomic E-state index is 0.0426. The van der Waals surface area contributed by atoms with E-state index in [4.69, 9.17) is 4.42 Å². The number of nitrogens with zero attached hydrogens (tertiary/aromatic N) is 2. The summed E-state index contributed by atoms with van der Waals surface area (Å²) in [5.74, 6) is -0.563. The number of furan rings is 1. The summed E-state index contributed by atoms with van der Waals surface area (Å²) in [7, 11) is -3.65. The van der Waals surface area contributed by atoms with E-state index in [9.17, 15) is 18.0 Å². The molecular weight excluding hydrogens is 430 g/mol. The van der Waals surface area contributed by atoms with Crippen molar-refractivity contribution in [1.82, 2.24) is 14.9 Å². The molecule has 0 aliphatic rings. The van der Waals surface area contributed by atoms with Crippen LogP contribution in [0.3, 0.4) is 0 Å². The number of benzene rings is 2. The number of hydrogen-bond acceptors (Lipinski definition) is 6. The molecule has 164 valence electrons. The first-order chi connectivity index (χ1) is 15.4. The summed E-state index contributed by atoms with van der Waals surface area (Å²) in [6.45, 7) is 2.13. The van der Waals surface area contributed by atoms with Crippen LogP contribution in [-0.4, -0.2) is 35.7 Å². The molecule has 9 heteroatoms. The molecule has 0 spiro atoms. The smallest absolute Gasteiger partial charge is 0.290 e. The van der Waals surface area contributed by atoms with E-state index in [0.717, 1.165) is 0 Å². The van der Waals surface area contributed by atoms with Gasteiger partial charge in [0.05, 0.1) is 34.4 Å². The number of carbonyl (C=O) groups excluding carboxylic acids is 1. The number of fused-ring (bicyclic) bond motifs is 1. The monoisotopic (exact) mass is 451 g/mol. The number of rotatable bonds is 7. The predicted octanol–water partition coefficient (Wildman–Crippen LogP) is 3.15. The lowest BCUT2D eigenvalue weighted by Crippen LogP contribution is -2.32. The number of para-hydroxylation sites is 1. The maximum atomic E-state index is 13.2. The van der Waals surface area contributed by atoms with Gasteiger partial charge in [0, 0.05) is 12.1 Å². The molecule has 0 fully saturated rings. The normalized spacial score (nSPS) is 11.5. The number of nitrogens with one attached hydrogen (secondary N) is 1. The van der Waals surface area contributed by atoms with Crippen LogP contribution in [0.2, 0.25) is 0 Å². The lowest BCUT2D eigenvalue weighted by Gasteiger charge is -2.20. The second-order valence-corrected chi connectivity index (χ2v) is 9.19. The van der Waals surface area contributed by atoms with Crippen molar-refractivity contribution in [2.24, 2.45) is 0 Å². The summed E-state index contributed by atoms with van der Waals surface area (Å²) in [5, 5.41) is 0.463. The molecule has 0 radical (unpaired) electrons. The second-order valence-electron chi connectivity index (χ2n) is 7.20. The summed E-state index contributed by atoms with van der Waals surface area (Å²) in [5.41, 5.74) is 0.515. The zero-order valence-corrected chi connectivity index (χ0v) is 18.1. The molecule has 0 unspecified atom stereocenters. The fourth-order valence-corrected chi connectivity index (χ4v) is 4.79. The maximum absolute atomic E-state index is 13.2. The van der Waals surface area contributed by atoms with Crippen molar-refractivity contribution in [2.45, 2.75) is 24.1 Å². The Kier molecular flexibility index (Phi) is 5.91. The number of aromatic nitrogens is 2. The number of hydrogen-bond donors (Lipinski definition) is 1. The summed E-state index contributed by atoms with van der Waals surface area (Å²) in [4.78, 5) is 34.2. The SMILES string of the molecule is CCN(Cc1nc2ccccc2c(=O)[nH]1)C(=O)c1occc1CS(=O)(=O)c1ccccc1. The Morgan fingerprint density at radius 3 is 2.53 bits per heavy atom. The minimum atomic E-state index is -3.65. The lowest BCUT2D eigenvalue weighted by atomic mass is 10.2. The van der Waals surface area contributed by atoms with E-state index in [1.165, 1.54) is 29.4 Å². The third-order valence-electron chi connectivity index (χ3n) is 5.06. The number of H-pyrrole nitrogens is 1. The van der Waals surface area contributed by atoms with Gasteiger partial charge in [0.15, 0.2) is 15.6 Å². The van der Waals surface area contributed by atoms with E-state index < -0.39 is 15.7 Å². The third-order valence-corrected chi connectivity index (χ3v) is 6.74. The Balaban J connectivity index is 1.59. The highest BCUT2D eigenvalue weighted by molar-refractivity contribution is 7.90. The summed E-state index contributed by atoms with van der Waals surface area (Å²) < 4.78 is 30.9. The van der Waals surface area contributed by atoms with Gasteiger partial charge in [-0.15, -0.1) is 0 Å². The number of sulfone groups is 1. The van der Waals surface area contributed by atoms with Crippen LogP contribution < -0.4 is 5.56 Å². The van der Waals surface area contributed by atoms with Crippen molar-refractivity contribution in [1.29, 1.82) is 0 Å². The molecular formula is C23H21N3O5S. The molecule has 0 aliphatic carbocycles. The fourth-order valence-electron chi connectivity index (χ4n) is 3.41. The van der Waals surface area contributed by atoms with E-state index in [1.807, 2.05) is 0 Å². The summed E-state index contributed by atoms with van der Waals surface area (Å²) >= 11 is 0. The average Bonchev–Trinajstić information content (AvgIpc) is 3.25. The molecule has 1 amide bonds. The van der Waals surface area contributed by atoms with Crippen LogP contribution in [0.5, 0.6) is 0 Å². The molecule has 0 saturated carbocycles. The van der Waals surface area contributed by atoms with Gasteiger partial charge >= 0.3 is 0 Å². The maximum Gasteiger partial charge on any atom is 0.290 e. The second kappa shape index (κ2) is 8.80. The third kappa shape index (κ3) is 4.33. The summed E-state index contributed by atoms with van der Waals surface area (Å²) in [6.07, 6.45) is 1.30. The van der Waals surface area contributed by atoms with E-state index in [-0.39, 0.29) is 34.1 Å². The molecule has 0 atom stereocenters. The first kappa shape index (κ1) is 21.5. The van der Waals surface area contributed by atoms with Gasteiger partial charge in [-0.1, -0.05) is 30.3 Å². The van der Waals surface area contributed by atoms with E-state index in [2.05, 4.69) is 9.97 Å². The quantitative estimate of drug-likeness (QED) is 0.462. The summed E-state index contributed by atoms with van der Waals surface area (Å²) in [6, 6.07) is 16.5. The molecule has 1 N–H and O–H groups in total. The predicted molar refractivity (Wildman–Crippen MR) is 119 cm³/mol. The van der Waals surface area contributed by atoms with Gasteiger partial charge in [-0.05, 0) is 37.3 Å². The molecule has 8 nitrogen and oxygen atoms in total. The van der Waals surface area contributed by atoms with Crippen molar-refractivity contribution < 1.29 is 17.6 Å². The Morgan fingerprint density at radius 2 is 1.78 bits per heavy atom. The zero-order valence-electron chi connectivity index (χ0n) is 17.3. The lowest BCUT2D eigenvalue weighted by molar-refractivity contribution is 0.0715. The van der Waals surface area contributed by atoms with E-state index in [0.29, 0.717) is 23.3 Å². The van der Waals surface area contributed by atoms with Gasteiger partial charge in [0.25, 0.3) is 11.5 Å². The molecule has 2 heterocycles. The highest BCUT2D eigenvalue weighted by atomic mass is 32.2. The zero-order chi connectivity index (χ0) is 22.7. The van der Waals surface area contributed by atoms with E-state index in [1.54, 1.807) is 49.4 Å². The van der Waals surface area contributed by atoms with Crippen LogP contribution in [0.1, 0.15) is 28.9 Å². The van der Waals surface area contributed by atoms with Crippen LogP contribution >= 0.6 is 0 Å². The molecule has 4 rings (SSSR count). The topological polar surface area (TPSA) is 113 Å². The standard InChI is InChI=1S/C23H21N3O5S/c1-2-26(14-20-24-19-11-7-6-10-18(19)22(27)25-20)23(28)21-16(12-13-31-21)15-32(29,30)17-8-4-3-5-9-17/h3-13H,2,14-15H2,1H3,(H,24,25,27). The number of carbonyl (C=O) groups is 1. The molecule has 0 aliphatic heterocycles. The highest BCUT2D eigenvalue weighted by Crippen LogP contribution is 2.21. The molecule has 2 aromatic heterocycles. The van der Waals surface area contributed by atoms with Crippen molar-refractivity contribution in [3.63, 3.8) is 0 Å². The number of aromatic amines is 1. The molecule has 32 heavy (non-hydrogen) atoms. The van der Waals surface area contributed by atoms with Gasteiger partial charge < -0.3 is 14.3 Å². The molecule has 0 bridgehead atoms. The van der Waals surface area contributed by atoms with Gasteiger partial charge in [-0.3, -0.25) is 9.59 Å². The van der Waals surface area contributed by atoms with Gasteiger partial charge in [0.1, 0.15) is 5.82 Å². The van der Waals surface area contributed by atoms with Crippen molar-refractivity contribution >= 4 is 26.6 Å². The molecule has 4 aromatic rings. The van der Waals surface area contributed by atoms with E-state index >= 15 is 0 Å². The van der Waals surface area contributed by atoms with Crippen molar-refractivity contribution in [2.75, 3.05) is 6.54 Å². The van der Waals surface area contributed by atoms with Crippen LogP contribution in [0.15, 0.2) is 81.0 Å². The van der Waals surface area contributed by atoms with Crippen LogP contribution in [-0.2, 0) is 22.1 Å². The average molecular weight is 452 g/mol. The van der Waals surface area contributed by atoms with Crippen molar-refractivity contribution in [3.8, 4) is 0 Å². The Morgan fingerprint density at radius 1 is 1.06 bits per heavy atom. The Hall–Kier alpha value is -3.72. The number of amides is 1. The molecule has 0 saturated heterocycles. The van der Waals surface area contributed by atoms with Gasteiger partial charge in [0.2, 0.25) is 0 Å². The first-order valence-electron chi connectivity index (χ1n) is 10.0. The Labute approximate surface area is 184 Å². The van der Waals surface area contributed by atoms with Crippen LogP contribution in [0.25, 0.3) is 10.9 Å². The van der Waals surface area contributed by atoms with Crippen LogP contribution in [0.4, 0.5) is 0 Å². The molecule has 2 aromatic carbocycles. The van der Waals surface area contributed by atoms with Crippen LogP contribution in [0, 0.1) is 0 Å². The minimum Gasteiger partial charge on any atom is -0.459 e.